The van der Waals surface area contributed by atoms with Gasteiger partial charge in [0.1, 0.15) is 10.8 Å². The van der Waals surface area contributed by atoms with E-state index in [4.69, 9.17) is 23.8 Å². The maximum absolute atomic E-state index is 12.1. The van der Waals surface area contributed by atoms with Crippen molar-refractivity contribution in [3.63, 3.8) is 0 Å². The zero-order chi connectivity index (χ0) is 19.4. The number of hydrogen-bond donors (Lipinski definition) is 3. The molecule has 0 bridgehead atoms. The van der Waals surface area contributed by atoms with Crippen LogP contribution < -0.4 is 10.6 Å². The standard InChI is InChI=1S/C14H9ClN4O6S/c15-9-3-1-7(5-11(9)19(24)25)13(21)17-14(26)16-10-4-2-8(18(22)23)6-12(10)20/h1-6,20H,(H2,16,17,21,26). The van der Waals surface area contributed by atoms with Gasteiger partial charge < -0.3 is 10.4 Å². The lowest BCUT2D eigenvalue weighted by atomic mass is 10.2. The van der Waals surface area contributed by atoms with E-state index < -0.39 is 27.2 Å². The summed E-state index contributed by atoms with van der Waals surface area (Å²) in [5.74, 6) is -1.19. The summed E-state index contributed by atoms with van der Waals surface area (Å²) in [6, 6.07) is 6.72. The first-order valence-corrected chi connectivity index (χ1v) is 7.51. The van der Waals surface area contributed by atoms with Crippen LogP contribution in [0.1, 0.15) is 10.4 Å². The zero-order valence-electron chi connectivity index (χ0n) is 12.6. The molecule has 0 spiro atoms. The average molecular weight is 397 g/mol. The van der Waals surface area contributed by atoms with Gasteiger partial charge >= 0.3 is 0 Å². The highest BCUT2D eigenvalue weighted by molar-refractivity contribution is 7.80. The van der Waals surface area contributed by atoms with E-state index in [-0.39, 0.29) is 27.1 Å². The van der Waals surface area contributed by atoms with E-state index in [0.717, 1.165) is 18.2 Å². The van der Waals surface area contributed by atoms with E-state index in [2.05, 4.69) is 10.6 Å². The molecule has 26 heavy (non-hydrogen) atoms. The van der Waals surface area contributed by atoms with E-state index in [0.29, 0.717) is 0 Å². The number of amides is 1. The molecule has 12 heteroatoms. The van der Waals surface area contributed by atoms with Crippen molar-refractivity contribution in [3.8, 4) is 5.75 Å². The molecule has 0 radical (unpaired) electrons. The van der Waals surface area contributed by atoms with Crippen LogP contribution in [-0.4, -0.2) is 26.0 Å². The molecule has 0 unspecified atom stereocenters. The monoisotopic (exact) mass is 396 g/mol. The maximum atomic E-state index is 12.1. The quantitative estimate of drug-likeness (QED) is 0.309. The van der Waals surface area contributed by atoms with Crippen molar-refractivity contribution in [2.24, 2.45) is 0 Å². The fraction of sp³-hybridized carbons (Fsp3) is 0. The Bertz CT molecular complexity index is 936. The minimum absolute atomic E-state index is 0.0305. The van der Waals surface area contributed by atoms with Crippen molar-refractivity contribution in [1.29, 1.82) is 0 Å². The average Bonchev–Trinajstić information content (AvgIpc) is 2.56. The molecule has 0 saturated heterocycles. The van der Waals surface area contributed by atoms with Crippen molar-refractivity contribution >= 4 is 51.9 Å². The van der Waals surface area contributed by atoms with Crippen molar-refractivity contribution < 1.29 is 19.7 Å². The van der Waals surface area contributed by atoms with Crippen molar-refractivity contribution in [3.05, 3.63) is 67.2 Å². The zero-order valence-corrected chi connectivity index (χ0v) is 14.2. The number of nitrogens with zero attached hydrogens (tertiary/aromatic N) is 2. The number of non-ortho nitro benzene ring substituents is 1. The number of nitrogens with one attached hydrogen (secondary N) is 2. The summed E-state index contributed by atoms with van der Waals surface area (Å²) in [7, 11) is 0. The number of rotatable bonds is 4. The van der Waals surface area contributed by atoms with Gasteiger partial charge in [-0.25, -0.2) is 0 Å². The Morgan fingerprint density at radius 3 is 2.38 bits per heavy atom. The third-order valence-corrected chi connectivity index (χ3v) is 3.60. The number of hydrogen-bond acceptors (Lipinski definition) is 7. The number of nitro groups is 2. The van der Waals surface area contributed by atoms with Gasteiger partial charge in [-0.1, -0.05) is 11.6 Å². The topological polar surface area (TPSA) is 148 Å². The molecule has 0 atom stereocenters. The Morgan fingerprint density at radius 1 is 1.12 bits per heavy atom. The summed E-state index contributed by atoms with van der Waals surface area (Å²) in [6.07, 6.45) is 0. The minimum atomic E-state index is -0.747. The second-order valence-electron chi connectivity index (χ2n) is 4.79. The van der Waals surface area contributed by atoms with Gasteiger partial charge in [0.15, 0.2) is 5.11 Å². The number of phenolic OH excluding ortho intramolecular Hbond substituents is 1. The van der Waals surface area contributed by atoms with Crippen molar-refractivity contribution in [1.82, 2.24) is 5.32 Å². The van der Waals surface area contributed by atoms with E-state index in [1.807, 2.05) is 0 Å². The minimum Gasteiger partial charge on any atom is -0.506 e. The molecule has 2 aromatic carbocycles. The van der Waals surface area contributed by atoms with E-state index >= 15 is 0 Å². The normalized spacial score (nSPS) is 10.0. The summed E-state index contributed by atoms with van der Waals surface area (Å²) >= 11 is 10.6. The Morgan fingerprint density at radius 2 is 1.81 bits per heavy atom. The number of benzene rings is 2. The van der Waals surface area contributed by atoms with Crippen LogP contribution in [0.4, 0.5) is 17.1 Å². The van der Waals surface area contributed by atoms with Crippen LogP contribution in [0.15, 0.2) is 36.4 Å². The second kappa shape index (κ2) is 7.72. The molecule has 3 N–H and O–H groups in total. The summed E-state index contributed by atoms with van der Waals surface area (Å²) in [4.78, 5) is 32.2. The number of aromatic hydroxyl groups is 1. The lowest BCUT2D eigenvalue weighted by molar-refractivity contribution is -0.385. The molecule has 0 heterocycles. The summed E-state index contributed by atoms with van der Waals surface area (Å²) in [6.45, 7) is 0. The number of phenols is 1. The van der Waals surface area contributed by atoms with Crippen LogP contribution in [0.3, 0.4) is 0 Å². The first-order chi connectivity index (χ1) is 12.2. The lowest BCUT2D eigenvalue weighted by Crippen LogP contribution is -2.34. The van der Waals surface area contributed by atoms with Crippen LogP contribution >= 0.6 is 23.8 Å². The van der Waals surface area contributed by atoms with Crippen LogP contribution in [-0.2, 0) is 0 Å². The summed E-state index contributed by atoms with van der Waals surface area (Å²) < 4.78 is 0. The first kappa shape index (κ1) is 19.0. The van der Waals surface area contributed by atoms with Gasteiger partial charge in [0.25, 0.3) is 17.3 Å². The molecule has 0 aliphatic rings. The Balaban J connectivity index is 2.10. The molecule has 2 aromatic rings. The highest BCUT2D eigenvalue weighted by atomic mass is 35.5. The second-order valence-corrected chi connectivity index (χ2v) is 5.61. The largest absolute Gasteiger partial charge is 0.506 e. The molecule has 2 rings (SSSR count). The molecule has 0 saturated carbocycles. The highest BCUT2D eigenvalue weighted by Crippen LogP contribution is 2.28. The van der Waals surface area contributed by atoms with Crippen LogP contribution in [0, 0.1) is 20.2 Å². The van der Waals surface area contributed by atoms with E-state index in [9.17, 15) is 30.1 Å². The predicted octanol–water partition coefficient (Wildman–Crippen LogP) is 2.99. The Kier molecular flexibility index (Phi) is 5.64. The number of carbonyl (C=O) groups is 1. The molecule has 134 valence electrons. The van der Waals surface area contributed by atoms with Crippen molar-refractivity contribution in [2.75, 3.05) is 5.32 Å². The van der Waals surface area contributed by atoms with Gasteiger partial charge in [0.2, 0.25) is 0 Å². The van der Waals surface area contributed by atoms with E-state index in [1.165, 1.54) is 18.2 Å². The Labute approximate surface area is 155 Å². The summed E-state index contributed by atoms with van der Waals surface area (Å²) in [5, 5.41) is 35.6. The van der Waals surface area contributed by atoms with Crippen LogP contribution in [0.25, 0.3) is 0 Å². The van der Waals surface area contributed by atoms with Gasteiger partial charge in [-0.05, 0) is 30.4 Å². The van der Waals surface area contributed by atoms with Crippen LogP contribution in [0.5, 0.6) is 5.75 Å². The molecule has 10 nitrogen and oxygen atoms in total. The van der Waals surface area contributed by atoms with Gasteiger partial charge in [0, 0.05) is 17.7 Å². The first-order valence-electron chi connectivity index (χ1n) is 6.72. The lowest BCUT2D eigenvalue weighted by Gasteiger charge is -2.11. The number of nitro benzene ring substituents is 2. The number of carbonyl (C=O) groups excluding carboxylic acids is 1. The van der Waals surface area contributed by atoms with Gasteiger partial charge in [-0.15, -0.1) is 0 Å². The van der Waals surface area contributed by atoms with E-state index in [1.54, 1.807) is 0 Å². The molecule has 1 amide bonds. The smallest absolute Gasteiger partial charge is 0.288 e. The molecule has 0 aliphatic heterocycles. The molecular weight excluding hydrogens is 388 g/mol. The summed E-state index contributed by atoms with van der Waals surface area (Å²) in [5.41, 5.74) is -0.788. The third-order valence-electron chi connectivity index (χ3n) is 3.07. The Hall–Kier alpha value is -3.31. The predicted molar refractivity (Wildman–Crippen MR) is 96.6 cm³/mol. The van der Waals surface area contributed by atoms with Gasteiger partial charge in [-0.2, -0.15) is 0 Å². The van der Waals surface area contributed by atoms with Gasteiger partial charge in [-0.3, -0.25) is 30.3 Å². The molecule has 0 fully saturated rings. The fourth-order valence-electron chi connectivity index (χ4n) is 1.86. The number of halogens is 1. The molecule has 0 aliphatic carbocycles. The third kappa shape index (κ3) is 4.40. The fourth-order valence-corrected chi connectivity index (χ4v) is 2.25. The highest BCUT2D eigenvalue weighted by Gasteiger charge is 2.17. The van der Waals surface area contributed by atoms with Crippen molar-refractivity contribution in [2.45, 2.75) is 0 Å². The molecular formula is C14H9ClN4O6S. The van der Waals surface area contributed by atoms with Gasteiger partial charge in [0.05, 0.1) is 21.6 Å². The maximum Gasteiger partial charge on any atom is 0.288 e. The molecule has 0 aromatic heterocycles. The number of anilines is 1. The van der Waals surface area contributed by atoms with Crippen LogP contribution in [0.2, 0.25) is 5.02 Å². The number of thiocarbonyl (C=S) groups is 1. The SMILES string of the molecule is O=C(NC(=S)Nc1ccc([N+](=O)[O-])cc1O)c1ccc(Cl)c([N+](=O)[O-])c1.